The first kappa shape index (κ1) is 44.1. The van der Waals surface area contributed by atoms with Gasteiger partial charge in [-0.2, -0.15) is 0 Å². The standard InChI is InChI=1S/C51H59N3O3S/c1-37(21-20-30-52-7)33-47(53(34-43-22-12-8-13-23-43)35-44-24-14-9-15-25-44)48(55)41(5)51(56)57-49(46-28-18-11-19-29-46)42(6)54(36-45-26-16-10-17-27-45)58-50-39(3)31-38(2)32-40(50)4/h8-32,41-42,47-49,55H,7,33-36H2,1-6H3. The molecule has 0 aliphatic carbocycles. The Kier molecular flexibility index (Phi) is 16.9. The summed E-state index contributed by atoms with van der Waals surface area (Å²) in [6.07, 6.45) is 4.34. The third-order valence-corrected chi connectivity index (χ3v) is 12.1. The lowest BCUT2D eigenvalue weighted by Gasteiger charge is -2.38. The van der Waals surface area contributed by atoms with Gasteiger partial charge < -0.3 is 9.84 Å². The monoisotopic (exact) mass is 793 g/mol. The molecule has 5 aromatic carbocycles. The number of carbonyl (C=O) groups excluding carboxylic acids is 1. The molecule has 5 atom stereocenters. The first-order chi connectivity index (χ1) is 28.0. The predicted molar refractivity (Wildman–Crippen MR) is 241 cm³/mol. The van der Waals surface area contributed by atoms with E-state index in [0.717, 1.165) is 27.8 Å². The fourth-order valence-corrected chi connectivity index (χ4v) is 8.58. The van der Waals surface area contributed by atoms with E-state index in [1.807, 2.05) is 91.9 Å². The van der Waals surface area contributed by atoms with Crippen LogP contribution in [-0.2, 0) is 29.2 Å². The summed E-state index contributed by atoms with van der Waals surface area (Å²) in [5.74, 6) is -1.28. The van der Waals surface area contributed by atoms with Gasteiger partial charge in [-0.25, -0.2) is 4.31 Å². The molecule has 0 aromatic heterocycles. The largest absolute Gasteiger partial charge is 0.455 e. The zero-order valence-corrected chi connectivity index (χ0v) is 35.7. The molecule has 1 N–H and O–H groups in total. The number of aliphatic hydroxyl groups excluding tert-OH is 1. The molecule has 0 amide bonds. The second-order valence-electron chi connectivity index (χ2n) is 15.4. The molecule has 58 heavy (non-hydrogen) atoms. The van der Waals surface area contributed by atoms with Crippen LogP contribution in [0.25, 0.3) is 0 Å². The van der Waals surface area contributed by atoms with Crippen LogP contribution in [0.3, 0.4) is 0 Å². The highest BCUT2D eigenvalue weighted by molar-refractivity contribution is 7.97. The Bertz CT molecular complexity index is 2030. The number of aliphatic imine (C=N–C) groups is 1. The molecule has 0 spiro atoms. The van der Waals surface area contributed by atoms with Crippen LogP contribution in [0.15, 0.2) is 167 Å². The number of esters is 1. The van der Waals surface area contributed by atoms with Crippen LogP contribution < -0.4 is 0 Å². The van der Waals surface area contributed by atoms with Crippen molar-refractivity contribution < 1.29 is 14.6 Å². The minimum Gasteiger partial charge on any atom is -0.455 e. The molecule has 0 heterocycles. The number of aliphatic hydroxyl groups is 1. The van der Waals surface area contributed by atoms with Crippen LogP contribution in [0, 0.1) is 26.7 Å². The fraction of sp³-hybridized carbons (Fsp3) is 0.294. The predicted octanol–water partition coefficient (Wildman–Crippen LogP) is 11.4. The van der Waals surface area contributed by atoms with Gasteiger partial charge in [-0.05, 0) is 106 Å². The van der Waals surface area contributed by atoms with Crippen molar-refractivity contribution in [1.29, 1.82) is 0 Å². The Labute approximate surface area is 351 Å². The van der Waals surface area contributed by atoms with Crippen LogP contribution >= 0.6 is 11.9 Å². The van der Waals surface area contributed by atoms with Crippen molar-refractivity contribution in [3.05, 3.63) is 196 Å². The molecule has 0 saturated carbocycles. The summed E-state index contributed by atoms with van der Waals surface area (Å²) in [4.78, 5) is 22.0. The van der Waals surface area contributed by atoms with E-state index in [-0.39, 0.29) is 6.04 Å². The average Bonchev–Trinajstić information content (AvgIpc) is 3.23. The molecule has 302 valence electrons. The van der Waals surface area contributed by atoms with Gasteiger partial charge in [0.1, 0.15) is 6.10 Å². The highest BCUT2D eigenvalue weighted by Gasteiger charge is 2.38. The van der Waals surface area contributed by atoms with E-state index in [9.17, 15) is 9.90 Å². The zero-order valence-electron chi connectivity index (χ0n) is 34.9. The molecule has 5 aromatic rings. The number of ether oxygens (including phenoxy) is 1. The van der Waals surface area contributed by atoms with Gasteiger partial charge in [-0.3, -0.25) is 14.7 Å². The van der Waals surface area contributed by atoms with Crippen LogP contribution in [0.1, 0.15) is 72.2 Å². The maximum atomic E-state index is 14.6. The number of hydrogen-bond donors (Lipinski definition) is 1. The normalized spacial score (nSPS) is 14.6. The van der Waals surface area contributed by atoms with E-state index in [4.69, 9.17) is 4.74 Å². The SMILES string of the molecule is C=NC=CC=C(C)CC(C(O)C(C)C(=O)OC(c1ccccc1)C(C)N(Cc1ccccc1)Sc1c(C)cc(C)cc1C)N(Cc1ccccc1)Cc1ccccc1. The van der Waals surface area contributed by atoms with Crippen LogP contribution in [0.4, 0.5) is 0 Å². The number of nitrogens with zero attached hydrogens (tertiary/aromatic N) is 3. The maximum absolute atomic E-state index is 14.6. The quantitative estimate of drug-likeness (QED) is 0.0366. The fourth-order valence-electron chi connectivity index (χ4n) is 7.45. The van der Waals surface area contributed by atoms with Gasteiger partial charge in [0.25, 0.3) is 0 Å². The number of carbonyl (C=O) groups is 1. The maximum Gasteiger partial charge on any atom is 0.312 e. The third-order valence-electron chi connectivity index (χ3n) is 10.6. The van der Waals surface area contributed by atoms with Crippen molar-refractivity contribution in [2.24, 2.45) is 10.9 Å². The van der Waals surface area contributed by atoms with E-state index in [1.165, 1.54) is 21.6 Å². The van der Waals surface area contributed by atoms with Gasteiger partial charge in [0.15, 0.2) is 0 Å². The summed E-state index contributed by atoms with van der Waals surface area (Å²) < 4.78 is 8.98. The van der Waals surface area contributed by atoms with Crippen molar-refractivity contribution >= 4 is 24.6 Å². The lowest BCUT2D eigenvalue weighted by Crippen LogP contribution is -2.48. The molecular weight excluding hydrogens is 735 g/mol. The molecule has 0 aliphatic rings. The van der Waals surface area contributed by atoms with Crippen LogP contribution in [-0.4, -0.2) is 45.2 Å². The van der Waals surface area contributed by atoms with Gasteiger partial charge in [-0.15, -0.1) is 0 Å². The topological polar surface area (TPSA) is 65.4 Å². The minimum absolute atomic E-state index is 0.250. The molecule has 7 heteroatoms. The van der Waals surface area contributed by atoms with E-state index in [0.29, 0.717) is 26.1 Å². The number of aryl methyl sites for hydroxylation is 3. The van der Waals surface area contributed by atoms with E-state index in [2.05, 4.69) is 109 Å². The Morgan fingerprint density at radius 3 is 1.76 bits per heavy atom. The summed E-state index contributed by atoms with van der Waals surface area (Å²) in [5, 5.41) is 12.5. The molecule has 6 nitrogen and oxygen atoms in total. The number of hydrogen-bond acceptors (Lipinski definition) is 7. The van der Waals surface area contributed by atoms with Crippen molar-refractivity contribution in [2.75, 3.05) is 0 Å². The second-order valence-corrected chi connectivity index (χ2v) is 16.4. The molecular formula is C51H59N3O3S. The van der Waals surface area contributed by atoms with E-state index in [1.54, 1.807) is 25.1 Å². The van der Waals surface area contributed by atoms with Gasteiger partial charge in [0.2, 0.25) is 0 Å². The van der Waals surface area contributed by atoms with Gasteiger partial charge >= 0.3 is 5.97 Å². The first-order valence-electron chi connectivity index (χ1n) is 20.1. The van der Waals surface area contributed by atoms with Gasteiger partial charge in [0, 0.05) is 36.8 Å². The molecule has 5 rings (SSSR count). The third kappa shape index (κ3) is 12.7. The lowest BCUT2D eigenvalue weighted by molar-refractivity contribution is -0.162. The summed E-state index contributed by atoms with van der Waals surface area (Å²) in [7, 11) is 0. The summed E-state index contributed by atoms with van der Waals surface area (Å²) >= 11 is 1.71. The zero-order chi connectivity index (χ0) is 41.4. The Morgan fingerprint density at radius 2 is 1.26 bits per heavy atom. The van der Waals surface area contributed by atoms with Crippen LogP contribution in [0.5, 0.6) is 0 Å². The van der Waals surface area contributed by atoms with Crippen molar-refractivity contribution in [2.45, 2.75) is 96.8 Å². The number of allylic oxidation sites excluding steroid dienone is 2. The molecule has 0 aliphatic heterocycles. The summed E-state index contributed by atoms with van der Waals surface area (Å²) in [6.45, 7) is 17.8. The average molecular weight is 794 g/mol. The first-order valence-corrected chi connectivity index (χ1v) is 20.9. The van der Waals surface area contributed by atoms with Crippen molar-refractivity contribution in [3.63, 3.8) is 0 Å². The Morgan fingerprint density at radius 1 is 0.776 bits per heavy atom. The Balaban J connectivity index is 1.49. The second kappa shape index (κ2) is 22.2. The van der Waals surface area contributed by atoms with Crippen LogP contribution in [0.2, 0.25) is 0 Å². The molecule has 0 fully saturated rings. The van der Waals surface area contributed by atoms with Crippen molar-refractivity contribution in [1.82, 2.24) is 9.21 Å². The summed E-state index contributed by atoms with van der Waals surface area (Å²) in [5.41, 5.74) is 8.99. The summed E-state index contributed by atoms with van der Waals surface area (Å²) in [6, 6.07) is 44.7. The van der Waals surface area contributed by atoms with E-state index < -0.39 is 30.1 Å². The van der Waals surface area contributed by atoms with Gasteiger partial charge in [0.05, 0.1) is 18.1 Å². The van der Waals surface area contributed by atoms with Gasteiger partial charge in [-0.1, -0.05) is 151 Å². The number of benzene rings is 5. The molecule has 5 unspecified atom stereocenters. The van der Waals surface area contributed by atoms with Crippen molar-refractivity contribution in [3.8, 4) is 0 Å². The highest BCUT2D eigenvalue weighted by Crippen LogP contribution is 2.38. The number of rotatable bonds is 20. The highest BCUT2D eigenvalue weighted by atomic mass is 32.2. The molecule has 0 bridgehead atoms. The smallest absolute Gasteiger partial charge is 0.312 e. The molecule has 0 saturated heterocycles. The van der Waals surface area contributed by atoms with E-state index >= 15 is 0 Å². The lowest BCUT2D eigenvalue weighted by atomic mass is 9.90. The Hall–Kier alpha value is -5.05. The molecule has 0 radical (unpaired) electrons. The minimum atomic E-state index is -1.05.